The lowest BCUT2D eigenvalue weighted by Gasteiger charge is -2.07. The zero-order chi connectivity index (χ0) is 12.1. The lowest BCUT2D eigenvalue weighted by molar-refractivity contribution is 0.0600. The smallest absolute Gasteiger partial charge is 0.339 e. The van der Waals surface area contributed by atoms with Gasteiger partial charge in [-0.05, 0) is 12.1 Å². The van der Waals surface area contributed by atoms with Gasteiger partial charge in [0.1, 0.15) is 23.7 Å². The number of hydrogen-bond acceptors (Lipinski definition) is 5. The minimum absolute atomic E-state index is 0.0199. The Hall–Kier alpha value is -2.35. The third-order valence-corrected chi connectivity index (χ3v) is 2.00. The van der Waals surface area contributed by atoms with Crippen LogP contribution in [0.4, 0.5) is 0 Å². The van der Waals surface area contributed by atoms with Crippen LogP contribution in [0.3, 0.4) is 0 Å². The van der Waals surface area contributed by atoms with Crippen molar-refractivity contribution < 1.29 is 19.1 Å². The van der Waals surface area contributed by atoms with Gasteiger partial charge in [0, 0.05) is 5.56 Å². The fourth-order valence-electron chi connectivity index (χ4n) is 1.25. The molecule has 0 heterocycles. The van der Waals surface area contributed by atoms with E-state index in [0.717, 1.165) is 0 Å². The van der Waals surface area contributed by atoms with Gasteiger partial charge in [0.25, 0.3) is 0 Å². The van der Waals surface area contributed by atoms with Crippen molar-refractivity contribution in [2.75, 3.05) is 14.2 Å². The summed E-state index contributed by atoms with van der Waals surface area (Å²) in [7, 11) is 2.55. The van der Waals surface area contributed by atoms with Crippen molar-refractivity contribution in [2.45, 2.75) is 0 Å². The number of esters is 1. The van der Waals surface area contributed by atoms with Gasteiger partial charge < -0.3 is 9.47 Å². The number of aldehydes is 1. The van der Waals surface area contributed by atoms with Gasteiger partial charge in [0.2, 0.25) is 0 Å². The van der Waals surface area contributed by atoms with Gasteiger partial charge in [-0.1, -0.05) is 0 Å². The van der Waals surface area contributed by atoms with E-state index in [1.54, 1.807) is 0 Å². The summed E-state index contributed by atoms with van der Waals surface area (Å²) >= 11 is 0. The summed E-state index contributed by atoms with van der Waals surface area (Å²) in [5.41, 5.74) is 0.322. The number of benzene rings is 1. The molecule has 0 N–H and O–H groups in total. The summed E-state index contributed by atoms with van der Waals surface area (Å²) in [5, 5.41) is 8.91. The molecule has 5 nitrogen and oxygen atoms in total. The molecular weight excluding hydrogens is 210 g/mol. The van der Waals surface area contributed by atoms with Gasteiger partial charge in [-0.25, -0.2) is 4.79 Å². The van der Waals surface area contributed by atoms with Crippen molar-refractivity contribution in [2.24, 2.45) is 0 Å². The average Bonchev–Trinajstić information content (AvgIpc) is 2.35. The fourth-order valence-corrected chi connectivity index (χ4v) is 1.25. The molecule has 0 aliphatic heterocycles. The molecule has 0 bridgehead atoms. The predicted molar refractivity (Wildman–Crippen MR) is 54.4 cm³/mol. The number of hydrogen-bond donors (Lipinski definition) is 0. The molecule has 5 heteroatoms. The molecule has 1 aromatic rings. The van der Waals surface area contributed by atoms with Crippen LogP contribution in [-0.4, -0.2) is 26.5 Å². The molecule has 0 atom stereocenters. The van der Waals surface area contributed by atoms with E-state index in [-0.39, 0.29) is 22.4 Å². The normalized spacial score (nSPS) is 9.06. The quantitative estimate of drug-likeness (QED) is 0.563. The van der Waals surface area contributed by atoms with Gasteiger partial charge >= 0.3 is 5.97 Å². The number of carbonyl (C=O) groups excluding carboxylic acids is 2. The largest absolute Gasteiger partial charge is 0.495 e. The van der Waals surface area contributed by atoms with Gasteiger partial charge in [-0.3, -0.25) is 4.79 Å². The highest BCUT2D eigenvalue weighted by molar-refractivity contribution is 5.95. The van der Waals surface area contributed by atoms with Crippen LogP contribution in [0.15, 0.2) is 12.1 Å². The first-order valence-corrected chi connectivity index (χ1v) is 4.33. The highest BCUT2D eigenvalue weighted by atomic mass is 16.5. The lowest BCUT2D eigenvalue weighted by Crippen LogP contribution is -2.06. The molecule has 1 aromatic carbocycles. The van der Waals surface area contributed by atoms with E-state index in [9.17, 15) is 9.59 Å². The van der Waals surface area contributed by atoms with E-state index in [0.29, 0.717) is 6.29 Å². The maximum absolute atomic E-state index is 11.4. The first kappa shape index (κ1) is 11.7. The average molecular weight is 219 g/mol. The fraction of sp³-hybridized carbons (Fsp3) is 0.182. The monoisotopic (exact) mass is 219 g/mol. The number of ether oxygens (including phenoxy) is 2. The second kappa shape index (κ2) is 4.94. The summed E-state index contributed by atoms with van der Waals surface area (Å²) in [6.07, 6.45) is 0.566. The van der Waals surface area contributed by atoms with Crippen molar-refractivity contribution in [1.29, 1.82) is 5.26 Å². The van der Waals surface area contributed by atoms with E-state index >= 15 is 0 Å². The summed E-state index contributed by atoms with van der Waals surface area (Å²) in [6, 6.07) is 4.52. The van der Waals surface area contributed by atoms with Gasteiger partial charge in [0.05, 0.1) is 19.8 Å². The Bertz CT molecular complexity index is 474. The molecule has 0 spiro atoms. The van der Waals surface area contributed by atoms with Crippen LogP contribution in [0, 0.1) is 11.3 Å². The van der Waals surface area contributed by atoms with Crippen LogP contribution in [0.5, 0.6) is 5.75 Å². The highest BCUT2D eigenvalue weighted by Crippen LogP contribution is 2.23. The van der Waals surface area contributed by atoms with Crippen LogP contribution in [-0.2, 0) is 4.74 Å². The van der Waals surface area contributed by atoms with Crippen LogP contribution < -0.4 is 4.74 Å². The minimum atomic E-state index is -0.682. The number of rotatable bonds is 3. The lowest BCUT2D eigenvalue weighted by atomic mass is 10.0. The van der Waals surface area contributed by atoms with Crippen molar-refractivity contribution in [3.8, 4) is 11.8 Å². The Morgan fingerprint density at radius 1 is 1.44 bits per heavy atom. The number of methoxy groups -OCH3 is 2. The Morgan fingerprint density at radius 2 is 2.12 bits per heavy atom. The van der Waals surface area contributed by atoms with Gasteiger partial charge in [-0.2, -0.15) is 5.26 Å². The molecule has 0 fully saturated rings. The molecule has 1 rings (SSSR count). The van der Waals surface area contributed by atoms with E-state index in [2.05, 4.69) is 4.74 Å². The predicted octanol–water partition coefficient (Wildman–Crippen LogP) is 1.17. The zero-order valence-electron chi connectivity index (χ0n) is 8.81. The van der Waals surface area contributed by atoms with Crippen molar-refractivity contribution in [3.05, 3.63) is 28.8 Å². The molecule has 16 heavy (non-hydrogen) atoms. The van der Waals surface area contributed by atoms with E-state index in [1.165, 1.54) is 26.4 Å². The third-order valence-electron chi connectivity index (χ3n) is 2.00. The SMILES string of the molecule is COC(=O)c1cc(C=O)cc(OC)c1C#N. The standard InChI is InChI=1S/C11H9NO4/c1-15-10-4-7(6-13)3-8(9(10)5-12)11(14)16-2/h3-4,6H,1-2H3. The first-order valence-electron chi connectivity index (χ1n) is 4.33. The molecule has 0 aliphatic carbocycles. The molecule has 0 aromatic heterocycles. The van der Waals surface area contributed by atoms with Crippen LogP contribution >= 0.6 is 0 Å². The summed E-state index contributed by atoms with van der Waals surface area (Å²) < 4.78 is 9.44. The Balaban J connectivity index is 3.50. The van der Waals surface area contributed by atoms with E-state index < -0.39 is 5.97 Å². The van der Waals surface area contributed by atoms with E-state index in [4.69, 9.17) is 10.00 Å². The highest BCUT2D eigenvalue weighted by Gasteiger charge is 2.17. The second-order valence-electron chi connectivity index (χ2n) is 2.87. The maximum atomic E-state index is 11.4. The Labute approximate surface area is 92.2 Å². The van der Waals surface area contributed by atoms with Crippen molar-refractivity contribution >= 4 is 12.3 Å². The van der Waals surface area contributed by atoms with Gasteiger partial charge in [-0.15, -0.1) is 0 Å². The number of carbonyl (C=O) groups is 2. The molecule has 0 amide bonds. The molecular formula is C11H9NO4. The topological polar surface area (TPSA) is 76.4 Å². The Morgan fingerprint density at radius 3 is 2.56 bits per heavy atom. The maximum Gasteiger partial charge on any atom is 0.339 e. The first-order chi connectivity index (χ1) is 7.67. The zero-order valence-corrected chi connectivity index (χ0v) is 8.81. The Kier molecular flexibility index (Phi) is 3.62. The summed E-state index contributed by atoms with van der Waals surface area (Å²) in [4.78, 5) is 22.0. The minimum Gasteiger partial charge on any atom is -0.495 e. The molecule has 0 aliphatic rings. The van der Waals surface area contributed by atoms with Crippen LogP contribution in [0.2, 0.25) is 0 Å². The van der Waals surface area contributed by atoms with E-state index in [1.807, 2.05) is 6.07 Å². The molecule has 0 saturated heterocycles. The molecule has 82 valence electrons. The number of nitriles is 1. The molecule has 0 saturated carbocycles. The van der Waals surface area contributed by atoms with Crippen molar-refractivity contribution in [1.82, 2.24) is 0 Å². The second-order valence-corrected chi connectivity index (χ2v) is 2.87. The van der Waals surface area contributed by atoms with Crippen LogP contribution in [0.1, 0.15) is 26.3 Å². The summed E-state index contributed by atoms with van der Waals surface area (Å²) in [5.74, 6) is -0.508. The van der Waals surface area contributed by atoms with Crippen LogP contribution in [0.25, 0.3) is 0 Å². The molecule has 0 unspecified atom stereocenters. The number of nitrogens with zero attached hydrogens (tertiary/aromatic N) is 1. The molecule has 0 radical (unpaired) electrons. The third kappa shape index (κ3) is 2.01. The van der Waals surface area contributed by atoms with Gasteiger partial charge in [0.15, 0.2) is 0 Å². The summed E-state index contributed by atoms with van der Waals surface area (Å²) in [6.45, 7) is 0. The van der Waals surface area contributed by atoms with Crippen molar-refractivity contribution in [3.63, 3.8) is 0 Å².